The summed E-state index contributed by atoms with van der Waals surface area (Å²) in [6.07, 6.45) is -0.512. The van der Waals surface area contributed by atoms with Gasteiger partial charge in [0.15, 0.2) is 0 Å². The summed E-state index contributed by atoms with van der Waals surface area (Å²) in [5, 5.41) is 11.1. The zero-order chi connectivity index (χ0) is 16.9. The number of halogens is 1. The number of aliphatic hydroxyl groups excluding tert-OH is 1. The van der Waals surface area contributed by atoms with E-state index in [4.69, 9.17) is 16.3 Å². The molecule has 1 aliphatic heterocycles. The topological polar surface area (TPSA) is 35.9 Å². The molecular weight excluding hydrogens is 324 g/mol. The van der Waals surface area contributed by atoms with E-state index in [1.165, 1.54) is 0 Å². The van der Waals surface area contributed by atoms with Gasteiger partial charge in [-0.3, -0.25) is 4.90 Å². The number of aliphatic hydroxyl groups is 1. The van der Waals surface area contributed by atoms with Gasteiger partial charge in [0.1, 0.15) is 5.75 Å². The van der Waals surface area contributed by atoms with Crippen LogP contribution in [0.15, 0.2) is 48.5 Å². The van der Waals surface area contributed by atoms with Gasteiger partial charge in [0.25, 0.3) is 0 Å². The van der Waals surface area contributed by atoms with Gasteiger partial charge in [-0.05, 0) is 29.8 Å². The van der Waals surface area contributed by atoms with Crippen molar-refractivity contribution in [2.45, 2.75) is 6.10 Å². The maximum absolute atomic E-state index is 10.4. The van der Waals surface area contributed by atoms with Crippen molar-refractivity contribution in [3.05, 3.63) is 59.1 Å². The highest BCUT2D eigenvalue weighted by atomic mass is 35.5. The Kier molecular flexibility index (Phi) is 5.61. The summed E-state index contributed by atoms with van der Waals surface area (Å²) in [6.45, 7) is 4.29. The molecule has 0 radical (unpaired) electrons. The van der Waals surface area contributed by atoms with Crippen molar-refractivity contribution in [2.75, 3.05) is 44.7 Å². The third-order valence-electron chi connectivity index (χ3n) is 4.46. The molecule has 0 amide bonds. The zero-order valence-electron chi connectivity index (χ0n) is 13.9. The maximum atomic E-state index is 10.4. The van der Waals surface area contributed by atoms with Crippen LogP contribution in [0.25, 0.3) is 0 Å². The highest BCUT2D eigenvalue weighted by molar-refractivity contribution is 6.30. The largest absolute Gasteiger partial charge is 0.495 e. The Morgan fingerprint density at radius 2 is 1.83 bits per heavy atom. The quantitative estimate of drug-likeness (QED) is 0.902. The van der Waals surface area contributed by atoms with E-state index in [-0.39, 0.29) is 0 Å². The fourth-order valence-electron chi connectivity index (χ4n) is 3.13. The zero-order valence-corrected chi connectivity index (χ0v) is 14.6. The lowest BCUT2D eigenvalue weighted by Crippen LogP contribution is -2.47. The smallest absolute Gasteiger partial charge is 0.142 e. The van der Waals surface area contributed by atoms with Crippen LogP contribution in [0.1, 0.15) is 11.7 Å². The van der Waals surface area contributed by atoms with E-state index < -0.39 is 6.10 Å². The van der Waals surface area contributed by atoms with Gasteiger partial charge in [-0.2, -0.15) is 0 Å². The van der Waals surface area contributed by atoms with Crippen molar-refractivity contribution >= 4 is 17.3 Å². The van der Waals surface area contributed by atoms with Gasteiger partial charge in [-0.15, -0.1) is 0 Å². The summed E-state index contributed by atoms with van der Waals surface area (Å²) >= 11 is 6.00. The van der Waals surface area contributed by atoms with E-state index in [9.17, 15) is 5.11 Å². The maximum Gasteiger partial charge on any atom is 0.142 e. The van der Waals surface area contributed by atoms with Crippen LogP contribution in [0.2, 0.25) is 5.02 Å². The van der Waals surface area contributed by atoms with E-state index in [1.54, 1.807) is 7.11 Å². The van der Waals surface area contributed by atoms with Gasteiger partial charge in [0, 0.05) is 37.7 Å². The number of anilines is 1. The fourth-order valence-corrected chi connectivity index (χ4v) is 3.32. The van der Waals surface area contributed by atoms with Gasteiger partial charge in [0.05, 0.1) is 18.9 Å². The normalized spacial score (nSPS) is 16.9. The first-order valence-electron chi connectivity index (χ1n) is 8.21. The number of β-amino-alcohol motifs (C(OH)–C–C–N with tert-alkyl or cyclic N) is 1. The molecule has 1 saturated heterocycles. The molecule has 1 heterocycles. The van der Waals surface area contributed by atoms with Crippen molar-refractivity contribution in [1.29, 1.82) is 0 Å². The summed E-state index contributed by atoms with van der Waals surface area (Å²) in [6, 6.07) is 15.6. The minimum absolute atomic E-state index is 0.512. The predicted octanol–water partition coefficient (Wildman–Crippen LogP) is 3.20. The Hall–Kier alpha value is -1.75. The van der Waals surface area contributed by atoms with Gasteiger partial charge in [0.2, 0.25) is 0 Å². The average Bonchev–Trinajstić information content (AvgIpc) is 2.62. The minimum atomic E-state index is -0.512. The molecule has 0 saturated carbocycles. The van der Waals surface area contributed by atoms with E-state index in [2.05, 4.69) is 15.9 Å². The number of hydrogen-bond acceptors (Lipinski definition) is 4. The highest BCUT2D eigenvalue weighted by Crippen LogP contribution is 2.28. The number of nitrogens with zero attached hydrogens (tertiary/aromatic N) is 2. The Balaban J connectivity index is 1.57. The van der Waals surface area contributed by atoms with Crippen LogP contribution >= 0.6 is 11.6 Å². The van der Waals surface area contributed by atoms with Gasteiger partial charge in [-0.1, -0.05) is 35.9 Å². The van der Waals surface area contributed by atoms with Crippen molar-refractivity contribution in [3.63, 3.8) is 0 Å². The molecule has 2 aromatic rings. The lowest BCUT2D eigenvalue weighted by molar-refractivity contribution is 0.109. The van der Waals surface area contributed by atoms with E-state index in [0.717, 1.165) is 43.2 Å². The molecule has 5 heteroatoms. The first kappa shape index (κ1) is 17.1. The standard InChI is InChI=1S/C19H23ClN2O2/c1-24-19-8-3-2-7-17(19)22-11-9-21(10-12-22)14-18(23)15-5-4-6-16(20)13-15/h2-8,13,18,23H,9-12,14H2,1H3. The molecule has 4 nitrogen and oxygen atoms in total. The minimum Gasteiger partial charge on any atom is -0.495 e. The number of piperazine rings is 1. The van der Waals surface area contributed by atoms with Crippen LogP contribution in [-0.2, 0) is 0 Å². The van der Waals surface area contributed by atoms with Crippen molar-refractivity contribution in [1.82, 2.24) is 4.90 Å². The Bertz CT molecular complexity index is 672. The number of ether oxygens (including phenoxy) is 1. The number of rotatable bonds is 5. The number of methoxy groups -OCH3 is 1. The molecule has 1 aliphatic rings. The summed E-state index contributed by atoms with van der Waals surface area (Å²) in [7, 11) is 1.70. The van der Waals surface area contributed by atoms with Crippen LogP contribution < -0.4 is 9.64 Å². The van der Waals surface area contributed by atoms with Crippen molar-refractivity contribution in [3.8, 4) is 5.75 Å². The molecule has 1 atom stereocenters. The van der Waals surface area contributed by atoms with Crippen LogP contribution in [0.3, 0.4) is 0 Å². The molecule has 1 fully saturated rings. The lowest BCUT2D eigenvalue weighted by Gasteiger charge is -2.37. The molecule has 0 aliphatic carbocycles. The summed E-state index contributed by atoms with van der Waals surface area (Å²) in [5.74, 6) is 0.907. The van der Waals surface area contributed by atoms with Crippen LogP contribution in [0.4, 0.5) is 5.69 Å². The van der Waals surface area contributed by atoms with Crippen molar-refractivity contribution < 1.29 is 9.84 Å². The fraction of sp³-hybridized carbons (Fsp3) is 0.368. The number of benzene rings is 2. The third kappa shape index (κ3) is 4.01. The molecular formula is C19H23ClN2O2. The second-order valence-electron chi connectivity index (χ2n) is 6.03. The van der Waals surface area contributed by atoms with Gasteiger partial charge >= 0.3 is 0 Å². The molecule has 0 spiro atoms. The second kappa shape index (κ2) is 7.88. The molecule has 1 N–H and O–H groups in total. The monoisotopic (exact) mass is 346 g/mol. The van der Waals surface area contributed by atoms with Crippen LogP contribution in [0, 0.1) is 0 Å². The number of hydrogen-bond donors (Lipinski definition) is 1. The molecule has 1 unspecified atom stereocenters. The Morgan fingerprint density at radius 3 is 2.54 bits per heavy atom. The Labute approximate surface area is 148 Å². The van der Waals surface area contributed by atoms with Gasteiger partial charge in [-0.25, -0.2) is 0 Å². The van der Waals surface area contributed by atoms with Crippen LogP contribution in [-0.4, -0.2) is 49.8 Å². The lowest BCUT2D eigenvalue weighted by atomic mass is 10.1. The Morgan fingerprint density at radius 1 is 1.08 bits per heavy atom. The second-order valence-corrected chi connectivity index (χ2v) is 6.47. The predicted molar refractivity (Wildman–Crippen MR) is 98.1 cm³/mol. The summed E-state index contributed by atoms with van der Waals surface area (Å²) in [5.41, 5.74) is 2.00. The number of para-hydroxylation sites is 2. The first-order chi connectivity index (χ1) is 11.7. The molecule has 3 rings (SSSR count). The average molecular weight is 347 g/mol. The van der Waals surface area contributed by atoms with E-state index >= 15 is 0 Å². The molecule has 24 heavy (non-hydrogen) atoms. The van der Waals surface area contributed by atoms with E-state index in [0.29, 0.717) is 11.6 Å². The van der Waals surface area contributed by atoms with Gasteiger partial charge < -0.3 is 14.7 Å². The molecule has 2 aromatic carbocycles. The molecule has 0 aromatic heterocycles. The summed E-state index contributed by atoms with van der Waals surface area (Å²) < 4.78 is 5.45. The van der Waals surface area contributed by atoms with Crippen molar-refractivity contribution in [2.24, 2.45) is 0 Å². The summed E-state index contributed by atoms with van der Waals surface area (Å²) in [4.78, 5) is 4.62. The third-order valence-corrected chi connectivity index (χ3v) is 4.70. The SMILES string of the molecule is COc1ccccc1N1CCN(CC(O)c2cccc(Cl)c2)CC1. The van der Waals surface area contributed by atoms with E-state index in [1.807, 2.05) is 42.5 Å². The first-order valence-corrected chi connectivity index (χ1v) is 8.59. The van der Waals surface area contributed by atoms with Crippen LogP contribution in [0.5, 0.6) is 5.75 Å². The highest BCUT2D eigenvalue weighted by Gasteiger charge is 2.21. The molecule has 0 bridgehead atoms. The molecule has 128 valence electrons.